The Labute approximate surface area is 85.3 Å². The third-order valence-corrected chi connectivity index (χ3v) is 2.92. The highest BCUT2D eigenvalue weighted by Crippen LogP contribution is 2.13. The van der Waals surface area contributed by atoms with E-state index >= 15 is 0 Å². The Morgan fingerprint density at radius 3 is 2.93 bits per heavy atom. The molecule has 0 aliphatic carbocycles. The molecular weight excluding hydrogens is 180 g/mol. The summed E-state index contributed by atoms with van der Waals surface area (Å²) in [5, 5.41) is 12.2. The van der Waals surface area contributed by atoms with Gasteiger partial charge in [0.1, 0.15) is 0 Å². The summed E-state index contributed by atoms with van der Waals surface area (Å²) >= 11 is 0. The number of piperidine rings is 1. The van der Waals surface area contributed by atoms with Crippen LogP contribution >= 0.6 is 0 Å². The quantitative estimate of drug-likeness (QED) is 0.665. The number of nitrogens with one attached hydrogen (secondary N) is 1. The van der Waals surface area contributed by atoms with E-state index in [-0.39, 0.29) is 24.5 Å². The number of nitrogens with zero attached hydrogens (tertiary/aromatic N) is 1. The smallest absolute Gasteiger partial charge is 0.227 e. The monoisotopic (exact) mass is 200 g/mol. The molecule has 4 heteroatoms. The van der Waals surface area contributed by atoms with Gasteiger partial charge in [0.15, 0.2) is 0 Å². The number of carbonyl (C=O) groups is 1. The lowest BCUT2D eigenvalue weighted by Crippen LogP contribution is -2.45. The van der Waals surface area contributed by atoms with E-state index in [1.165, 1.54) is 0 Å². The van der Waals surface area contributed by atoms with Crippen LogP contribution in [0.1, 0.15) is 19.8 Å². The number of likely N-dealkylation sites (N-methyl/N-ethyl adjacent to an activating group) is 1. The number of hydrogen-bond acceptors (Lipinski definition) is 3. The third-order valence-electron chi connectivity index (χ3n) is 2.92. The minimum absolute atomic E-state index is 0.0301. The van der Waals surface area contributed by atoms with Gasteiger partial charge < -0.3 is 15.3 Å². The number of rotatable bonds is 3. The highest BCUT2D eigenvalue weighted by atomic mass is 16.3. The van der Waals surface area contributed by atoms with Gasteiger partial charge in [0.25, 0.3) is 0 Å². The van der Waals surface area contributed by atoms with E-state index in [2.05, 4.69) is 5.32 Å². The SMILES string of the molecule is CC(CO)N(C)C(=O)[C@H]1CCCNC1. The molecule has 1 amide bonds. The Kier molecular flexibility index (Phi) is 4.35. The highest BCUT2D eigenvalue weighted by Gasteiger charge is 2.25. The summed E-state index contributed by atoms with van der Waals surface area (Å²) in [5.74, 6) is 0.251. The van der Waals surface area contributed by atoms with Crippen LogP contribution in [0.3, 0.4) is 0 Å². The number of aliphatic hydroxyl groups is 1. The van der Waals surface area contributed by atoms with Crippen LogP contribution in [0.25, 0.3) is 0 Å². The van der Waals surface area contributed by atoms with Crippen molar-refractivity contribution in [2.24, 2.45) is 5.92 Å². The molecule has 0 saturated carbocycles. The van der Waals surface area contributed by atoms with Gasteiger partial charge >= 0.3 is 0 Å². The van der Waals surface area contributed by atoms with Crippen molar-refractivity contribution < 1.29 is 9.90 Å². The van der Waals surface area contributed by atoms with Crippen molar-refractivity contribution >= 4 is 5.91 Å². The molecule has 2 atom stereocenters. The van der Waals surface area contributed by atoms with E-state index in [0.717, 1.165) is 25.9 Å². The molecule has 1 saturated heterocycles. The summed E-state index contributed by atoms with van der Waals surface area (Å²) in [4.78, 5) is 13.5. The average Bonchev–Trinajstić information content (AvgIpc) is 2.27. The van der Waals surface area contributed by atoms with E-state index in [4.69, 9.17) is 5.11 Å². The Morgan fingerprint density at radius 2 is 2.43 bits per heavy atom. The molecule has 0 radical (unpaired) electrons. The molecule has 0 bridgehead atoms. The maximum Gasteiger partial charge on any atom is 0.227 e. The number of amides is 1. The molecule has 1 unspecified atom stereocenters. The van der Waals surface area contributed by atoms with Gasteiger partial charge in [0.05, 0.1) is 18.6 Å². The van der Waals surface area contributed by atoms with E-state index in [9.17, 15) is 4.79 Å². The summed E-state index contributed by atoms with van der Waals surface area (Å²) < 4.78 is 0. The second-order valence-electron chi connectivity index (χ2n) is 4.02. The maximum absolute atomic E-state index is 11.9. The Hall–Kier alpha value is -0.610. The second-order valence-corrected chi connectivity index (χ2v) is 4.02. The first kappa shape index (κ1) is 11.5. The van der Waals surface area contributed by atoms with Crippen molar-refractivity contribution in [1.29, 1.82) is 0 Å². The third kappa shape index (κ3) is 2.69. The van der Waals surface area contributed by atoms with Crippen molar-refractivity contribution in [2.75, 3.05) is 26.7 Å². The lowest BCUT2D eigenvalue weighted by atomic mass is 9.98. The zero-order valence-corrected chi connectivity index (χ0v) is 8.99. The van der Waals surface area contributed by atoms with Crippen molar-refractivity contribution in [1.82, 2.24) is 10.2 Å². The first-order valence-corrected chi connectivity index (χ1v) is 5.25. The van der Waals surface area contributed by atoms with Crippen LogP contribution < -0.4 is 5.32 Å². The van der Waals surface area contributed by atoms with Gasteiger partial charge in [-0.2, -0.15) is 0 Å². The van der Waals surface area contributed by atoms with Crippen LogP contribution in [0.5, 0.6) is 0 Å². The minimum atomic E-state index is -0.0792. The molecule has 0 aromatic heterocycles. The zero-order chi connectivity index (χ0) is 10.6. The van der Waals surface area contributed by atoms with Crippen LogP contribution in [0, 0.1) is 5.92 Å². The molecule has 1 fully saturated rings. The molecule has 1 aliphatic rings. The minimum Gasteiger partial charge on any atom is -0.394 e. The van der Waals surface area contributed by atoms with Crippen LogP contribution in [-0.4, -0.2) is 48.7 Å². The van der Waals surface area contributed by atoms with Crippen LogP contribution in [0.4, 0.5) is 0 Å². The highest BCUT2D eigenvalue weighted by molar-refractivity contribution is 5.79. The first-order valence-electron chi connectivity index (χ1n) is 5.25. The number of carbonyl (C=O) groups excluding carboxylic acids is 1. The second kappa shape index (κ2) is 5.32. The molecule has 1 rings (SSSR count). The Bertz CT molecular complexity index is 187. The van der Waals surface area contributed by atoms with E-state index in [1.54, 1.807) is 11.9 Å². The lowest BCUT2D eigenvalue weighted by Gasteiger charge is -2.30. The normalized spacial score (nSPS) is 24.4. The summed E-state index contributed by atoms with van der Waals surface area (Å²) in [6.45, 7) is 3.68. The Morgan fingerprint density at radius 1 is 1.71 bits per heavy atom. The van der Waals surface area contributed by atoms with Gasteiger partial charge in [-0.05, 0) is 26.3 Å². The zero-order valence-electron chi connectivity index (χ0n) is 8.99. The molecule has 82 valence electrons. The van der Waals surface area contributed by atoms with Crippen LogP contribution in [-0.2, 0) is 4.79 Å². The molecule has 1 heterocycles. The fourth-order valence-corrected chi connectivity index (χ4v) is 1.69. The maximum atomic E-state index is 11.9. The van der Waals surface area contributed by atoms with E-state index in [1.807, 2.05) is 6.92 Å². The predicted molar refractivity (Wildman–Crippen MR) is 54.9 cm³/mol. The fourth-order valence-electron chi connectivity index (χ4n) is 1.69. The molecule has 4 nitrogen and oxygen atoms in total. The number of aliphatic hydroxyl groups excluding tert-OH is 1. The summed E-state index contributed by atoms with van der Waals surface area (Å²) in [6.07, 6.45) is 2.03. The van der Waals surface area contributed by atoms with Crippen molar-refractivity contribution in [2.45, 2.75) is 25.8 Å². The summed E-state index contributed by atoms with van der Waals surface area (Å²) in [6, 6.07) is -0.0792. The molecule has 0 aromatic carbocycles. The van der Waals surface area contributed by atoms with Crippen molar-refractivity contribution in [3.05, 3.63) is 0 Å². The van der Waals surface area contributed by atoms with E-state index < -0.39 is 0 Å². The van der Waals surface area contributed by atoms with Gasteiger partial charge in [0, 0.05) is 13.6 Å². The standard InChI is InChI=1S/C10H20N2O2/c1-8(7-13)12(2)10(14)9-4-3-5-11-6-9/h8-9,11,13H,3-7H2,1-2H3/t8?,9-/m0/s1. The molecule has 2 N–H and O–H groups in total. The topological polar surface area (TPSA) is 52.6 Å². The number of hydrogen-bond donors (Lipinski definition) is 2. The average molecular weight is 200 g/mol. The molecule has 1 aliphatic heterocycles. The predicted octanol–water partition coefficient (Wildman–Crippen LogP) is -0.175. The Balaban J connectivity index is 2.46. The largest absolute Gasteiger partial charge is 0.394 e. The molecule has 0 spiro atoms. The summed E-state index contributed by atoms with van der Waals surface area (Å²) in [5.41, 5.74) is 0. The fraction of sp³-hybridized carbons (Fsp3) is 0.900. The van der Waals surface area contributed by atoms with Crippen LogP contribution in [0.2, 0.25) is 0 Å². The van der Waals surface area contributed by atoms with Gasteiger partial charge in [-0.1, -0.05) is 0 Å². The van der Waals surface area contributed by atoms with Gasteiger partial charge in [-0.25, -0.2) is 0 Å². The molecule has 0 aromatic rings. The summed E-state index contributed by atoms with van der Waals surface area (Å²) in [7, 11) is 1.76. The lowest BCUT2D eigenvalue weighted by molar-refractivity contribution is -0.137. The molecular formula is C10H20N2O2. The van der Waals surface area contributed by atoms with Crippen LogP contribution in [0.15, 0.2) is 0 Å². The van der Waals surface area contributed by atoms with Gasteiger partial charge in [-0.3, -0.25) is 4.79 Å². The first-order chi connectivity index (χ1) is 6.66. The van der Waals surface area contributed by atoms with Crippen molar-refractivity contribution in [3.8, 4) is 0 Å². The van der Waals surface area contributed by atoms with Crippen molar-refractivity contribution in [3.63, 3.8) is 0 Å². The molecule has 14 heavy (non-hydrogen) atoms. The van der Waals surface area contributed by atoms with Gasteiger partial charge in [-0.15, -0.1) is 0 Å². The van der Waals surface area contributed by atoms with E-state index in [0.29, 0.717) is 0 Å². The van der Waals surface area contributed by atoms with Gasteiger partial charge in [0.2, 0.25) is 5.91 Å².